The van der Waals surface area contributed by atoms with Gasteiger partial charge < -0.3 is 4.90 Å². The van der Waals surface area contributed by atoms with Crippen molar-refractivity contribution in [2.75, 3.05) is 11.4 Å². The third-order valence-electron chi connectivity index (χ3n) is 4.32. The molecule has 10 nitrogen and oxygen atoms in total. The lowest BCUT2D eigenvalue weighted by atomic mass is 9.96. The van der Waals surface area contributed by atoms with Crippen LogP contribution in [0.25, 0.3) is 11.6 Å². The number of anilines is 1. The van der Waals surface area contributed by atoms with Gasteiger partial charge in [0.05, 0.1) is 26.4 Å². The van der Waals surface area contributed by atoms with Crippen molar-refractivity contribution in [1.29, 1.82) is 0 Å². The van der Waals surface area contributed by atoms with E-state index in [2.05, 4.69) is 0 Å². The standard InChI is InChI=1S/C18H14N4O6/c1-2-19-8-7-12(16-10-14(20(23)24)5-6-17(16)19)9-13-3-4-15(21(25)26)11-18(13)22(27)28/h3-11H,2H2,1H3. The van der Waals surface area contributed by atoms with E-state index >= 15 is 0 Å². The first-order chi connectivity index (χ1) is 13.3. The normalized spacial score (nSPS) is 14.0. The fraction of sp³-hybridized carbons (Fsp3) is 0.111. The van der Waals surface area contributed by atoms with E-state index in [0.29, 0.717) is 17.7 Å². The molecule has 0 aromatic heterocycles. The van der Waals surface area contributed by atoms with Gasteiger partial charge >= 0.3 is 0 Å². The summed E-state index contributed by atoms with van der Waals surface area (Å²) < 4.78 is 0. The van der Waals surface area contributed by atoms with Gasteiger partial charge in [-0.05, 0) is 36.8 Å². The average molecular weight is 382 g/mol. The van der Waals surface area contributed by atoms with Gasteiger partial charge in [-0.25, -0.2) is 0 Å². The largest absolute Gasteiger partial charge is 0.348 e. The molecule has 1 heterocycles. The Bertz CT molecular complexity index is 1060. The lowest BCUT2D eigenvalue weighted by molar-refractivity contribution is -0.394. The molecule has 0 saturated carbocycles. The quantitative estimate of drug-likeness (QED) is 0.556. The van der Waals surface area contributed by atoms with Gasteiger partial charge in [0, 0.05) is 42.2 Å². The van der Waals surface area contributed by atoms with Crippen molar-refractivity contribution in [2.45, 2.75) is 6.92 Å². The Kier molecular flexibility index (Phi) is 4.86. The number of non-ortho nitro benzene ring substituents is 2. The highest BCUT2D eigenvalue weighted by molar-refractivity contribution is 5.96. The van der Waals surface area contributed by atoms with Crippen molar-refractivity contribution in [2.24, 2.45) is 0 Å². The van der Waals surface area contributed by atoms with E-state index in [0.717, 1.165) is 11.8 Å². The number of nitro groups is 3. The Hall–Kier alpha value is -4.08. The molecule has 0 atom stereocenters. The Balaban J connectivity index is 2.18. The van der Waals surface area contributed by atoms with Gasteiger partial charge in [0.1, 0.15) is 0 Å². The van der Waals surface area contributed by atoms with Gasteiger partial charge in [0.25, 0.3) is 17.1 Å². The molecule has 0 bridgehead atoms. The van der Waals surface area contributed by atoms with Crippen LogP contribution in [0.2, 0.25) is 0 Å². The molecule has 0 amide bonds. The fourth-order valence-electron chi connectivity index (χ4n) is 2.95. The van der Waals surface area contributed by atoms with Gasteiger partial charge in [0.2, 0.25) is 0 Å². The van der Waals surface area contributed by atoms with Crippen LogP contribution < -0.4 is 4.90 Å². The summed E-state index contributed by atoms with van der Waals surface area (Å²) >= 11 is 0. The minimum atomic E-state index is -0.706. The van der Waals surface area contributed by atoms with Crippen LogP contribution >= 0.6 is 0 Å². The second kappa shape index (κ2) is 7.27. The van der Waals surface area contributed by atoms with E-state index < -0.39 is 20.5 Å². The summed E-state index contributed by atoms with van der Waals surface area (Å²) in [5.74, 6) is 0. The van der Waals surface area contributed by atoms with E-state index in [1.165, 1.54) is 30.3 Å². The zero-order chi connectivity index (χ0) is 20.4. The zero-order valence-electron chi connectivity index (χ0n) is 14.6. The Morgan fingerprint density at radius 3 is 2.18 bits per heavy atom. The lowest BCUT2D eigenvalue weighted by Crippen LogP contribution is -2.19. The maximum atomic E-state index is 11.4. The molecule has 3 rings (SSSR count). The summed E-state index contributed by atoms with van der Waals surface area (Å²) in [5.41, 5.74) is 1.06. The Morgan fingerprint density at radius 1 is 0.929 bits per heavy atom. The maximum absolute atomic E-state index is 11.4. The SMILES string of the molecule is CCN1C=CC(=Cc2ccc([N+](=O)[O-])cc2[N+](=O)[O-])c2cc([N+](=O)[O-])ccc21. The molecule has 1 aliphatic heterocycles. The number of nitro benzene ring substituents is 3. The number of benzene rings is 2. The minimum Gasteiger partial charge on any atom is -0.348 e. The predicted octanol–water partition coefficient (Wildman–Crippen LogP) is 4.31. The number of rotatable bonds is 5. The Morgan fingerprint density at radius 2 is 1.57 bits per heavy atom. The molecule has 0 unspecified atom stereocenters. The van der Waals surface area contributed by atoms with Crippen LogP contribution in [0.5, 0.6) is 0 Å². The molecule has 2 aromatic carbocycles. The van der Waals surface area contributed by atoms with Crippen LogP contribution in [0.3, 0.4) is 0 Å². The van der Waals surface area contributed by atoms with Crippen LogP contribution in [-0.2, 0) is 0 Å². The second-order valence-electron chi connectivity index (χ2n) is 5.92. The molecule has 0 radical (unpaired) electrons. The first-order valence-corrected chi connectivity index (χ1v) is 8.20. The van der Waals surface area contributed by atoms with Crippen molar-refractivity contribution < 1.29 is 14.8 Å². The van der Waals surface area contributed by atoms with E-state index in [9.17, 15) is 30.3 Å². The molecule has 2 aromatic rings. The second-order valence-corrected chi connectivity index (χ2v) is 5.92. The van der Waals surface area contributed by atoms with E-state index in [1.54, 1.807) is 18.3 Å². The van der Waals surface area contributed by atoms with Crippen molar-refractivity contribution in [1.82, 2.24) is 0 Å². The molecule has 0 spiro atoms. The smallest absolute Gasteiger partial charge is 0.283 e. The monoisotopic (exact) mass is 382 g/mol. The molecular formula is C18H14N4O6. The molecule has 0 fully saturated rings. The summed E-state index contributed by atoms with van der Waals surface area (Å²) in [7, 11) is 0. The maximum Gasteiger partial charge on any atom is 0.283 e. The highest BCUT2D eigenvalue weighted by atomic mass is 16.6. The van der Waals surface area contributed by atoms with Crippen molar-refractivity contribution in [3.8, 4) is 0 Å². The minimum absolute atomic E-state index is 0.103. The first kappa shape index (κ1) is 18.7. The van der Waals surface area contributed by atoms with Crippen molar-refractivity contribution >= 4 is 34.4 Å². The summed E-state index contributed by atoms with van der Waals surface area (Å²) in [6.45, 7) is 2.55. The zero-order valence-corrected chi connectivity index (χ0v) is 14.6. The molecule has 28 heavy (non-hydrogen) atoms. The van der Waals surface area contributed by atoms with E-state index in [4.69, 9.17) is 0 Å². The van der Waals surface area contributed by atoms with Crippen molar-refractivity contribution in [3.05, 3.63) is 90.1 Å². The van der Waals surface area contributed by atoms with Crippen LogP contribution in [0.1, 0.15) is 18.1 Å². The summed E-state index contributed by atoms with van der Waals surface area (Å²) in [6, 6.07) is 7.79. The van der Waals surface area contributed by atoms with Gasteiger partial charge in [0.15, 0.2) is 0 Å². The van der Waals surface area contributed by atoms with Gasteiger partial charge in [-0.1, -0.05) is 0 Å². The molecule has 0 aliphatic carbocycles. The predicted molar refractivity (Wildman–Crippen MR) is 103 cm³/mol. The highest BCUT2D eigenvalue weighted by Crippen LogP contribution is 2.37. The molecule has 142 valence electrons. The van der Waals surface area contributed by atoms with E-state index in [-0.39, 0.29) is 16.9 Å². The van der Waals surface area contributed by atoms with Crippen molar-refractivity contribution in [3.63, 3.8) is 0 Å². The van der Waals surface area contributed by atoms with Gasteiger partial charge in [-0.15, -0.1) is 0 Å². The number of allylic oxidation sites excluding steroid dienone is 2. The number of hydrogen-bond acceptors (Lipinski definition) is 7. The molecule has 0 saturated heterocycles. The number of hydrogen-bond donors (Lipinski definition) is 0. The van der Waals surface area contributed by atoms with Gasteiger partial charge in [-0.3, -0.25) is 30.3 Å². The summed E-state index contributed by atoms with van der Waals surface area (Å²) in [4.78, 5) is 33.4. The molecule has 10 heteroatoms. The van der Waals surface area contributed by atoms with Crippen LogP contribution in [0.4, 0.5) is 22.7 Å². The molecular weight excluding hydrogens is 368 g/mol. The average Bonchev–Trinajstić information content (AvgIpc) is 2.67. The molecule has 1 aliphatic rings. The van der Waals surface area contributed by atoms with E-state index in [1.807, 2.05) is 11.8 Å². The van der Waals surface area contributed by atoms with Crippen LogP contribution in [-0.4, -0.2) is 21.3 Å². The van der Waals surface area contributed by atoms with Crippen LogP contribution in [0, 0.1) is 30.3 Å². The third-order valence-corrected chi connectivity index (χ3v) is 4.32. The van der Waals surface area contributed by atoms with Gasteiger partial charge in [-0.2, -0.15) is 0 Å². The van der Waals surface area contributed by atoms with Crippen LogP contribution in [0.15, 0.2) is 48.7 Å². The summed E-state index contributed by atoms with van der Waals surface area (Å²) in [5, 5.41) is 33.4. The topological polar surface area (TPSA) is 133 Å². The Labute approximate surface area is 158 Å². The first-order valence-electron chi connectivity index (χ1n) is 8.20. The number of nitrogens with zero attached hydrogens (tertiary/aromatic N) is 4. The highest BCUT2D eigenvalue weighted by Gasteiger charge is 2.22. The third kappa shape index (κ3) is 3.43. The summed E-state index contributed by atoms with van der Waals surface area (Å²) in [6.07, 6.45) is 4.96. The number of fused-ring (bicyclic) bond motifs is 1. The fourth-order valence-corrected chi connectivity index (χ4v) is 2.95. The molecule has 0 N–H and O–H groups in total. The lowest BCUT2D eigenvalue weighted by Gasteiger charge is -2.26.